The molecule has 2 aromatic rings. The van der Waals surface area contributed by atoms with Gasteiger partial charge in [-0.25, -0.2) is 0 Å². The van der Waals surface area contributed by atoms with E-state index >= 15 is 0 Å². The quantitative estimate of drug-likeness (QED) is 0.864. The maximum Gasteiger partial charge on any atom is 0.394 e. The van der Waals surface area contributed by atoms with Crippen LogP contribution < -0.4 is 0 Å². The van der Waals surface area contributed by atoms with E-state index in [1.54, 1.807) is 18.2 Å². The number of carboxylic acids is 1. The van der Waals surface area contributed by atoms with Crippen molar-refractivity contribution in [3.05, 3.63) is 41.1 Å². The number of hydrogen-bond acceptors (Lipinski definition) is 3. The Morgan fingerprint density at radius 2 is 1.89 bits per heavy atom. The summed E-state index contributed by atoms with van der Waals surface area (Å²) in [6.07, 6.45) is -2.73. The number of carboxylic acid groups (broad SMARTS) is 1. The van der Waals surface area contributed by atoms with Gasteiger partial charge in [-0.1, -0.05) is 11.6 Å². The lowest BCUT2D eigenvalue weighted by Crippen LogP contribution is -2.34. The van der Waals surface area contributed by atoms with Gasteiger partial charge in [-0.15, -0.1) is 0 Å². The molecule has 1 aromatic carbocycles. The van der Waals surface area contributed by atoms with E-state index in [1.165, 1.54) is 0 Å². The molecule has 0 radical (unpaired) electrons. The number of hydrogen-bond donors (Lipinski definition) is 1. The van der Waals surface area contributed by atoms with Crippen LogP contribution >= 0.6 is 0 Å². The van der Waals surface area contributed by atoms with Gasteiger partial charge in [0.2, 0.25) is 0 Å². The number of aryl methyl sites for hydroxylation is 1. The summed E-state index contributed by atoms with van der Waals surface area (Å²) in [6.45, 7) is 0.763. The molecular weight excluding hydrogens is 373 g/mol. The second-order valence-electron chi connectivity index (χ2n) is 7.69. The molecule has 148 valence electrons. The van der Waals surface area contributed by atoms with E-state index in [0.29, 0.717) is 16.5 Å². The second kappa shape index (κ2) is 6.46. The Bertz CT molecular complexity index is 969. The summed E-state index contributed by atoms with van der Waals surface area (Å²) in [5, 5.41) is 9.78. The van der Waals surface area contributed by atoms with E-state index in [1.807, 2.05) is 13.0 Å². The third-order valence-corrected chi connectivity index (χ3v) is 5.55. The number of benzene rings is 1. The SMILES string of the molecule is Cc1ccc2nc(C3CC3)cc(C(=O)N3C[C@@H](C(F)(F)F)[C@H](C(=O)O)C3)c2c1. The molecule has 0 spiro atoms. The summed E-state index contributed by atoms with van der Waals surface area (Å²) in [4.78, 5) is 30.1. The van der Waals surface area contributed by atoms with Crippen LogP contribution in [0.4, 0.5) is 13.2 Å². The van der Waals surface area contributed by atoms with Gasteiger partial charge in [0.05, 0.1) is 22.9 Å². The highest BCUT2D eigenvalue weighted by Crippen LogP contribution is 2.41. The Hall–Kier alpha value is -2.64. The van der Waals surface area contributed by atoms with Crippen LogP contribution in [0.1, 0.15) is 40.4 Å². The normalized spacial score (nSPS) is 22.6. The standard InChI is InChI=1S/C20H19F3N2O3/c1-10-2-5-16-12(6-10)13(7-17(24-16)11-3-4-11)18(26)25-8-14(19(27)28)15(9-25)20(21,22)23/h2,5-7,11,14-15H,3-4,8-9H2,1H3,(H,27,28)/t14-,15-/m1/s1. The predicted molar refractivity (Wildman–Crippen MR) is 95.0 cm³/mol. The van der Waals surface area contributed by atoms with Gasteiger partial charge in [0.25, 0.3) is 5.91 Å². The van der Waals surface area contributed by atoms with Crippen molar-refractivity contribution in [3.63, 3.8) is 0 Å². The van der Waals surface area contributed by atoms with Gasteiger partial charge in [0, 0.05) is 30.1 Å². The second-order valence-corrected chi connectivity index (χ2v) is 7.69. The molecule has 5 nitrogen and oxygen atoms in total. The zero-order valence-electron chi connectivity index (χ0n) is 15.2. The number of carbonyl (C=O) groups is 2. The summed E-state index contributed by atoms with van der Waals surface area (Å²) in [7, 11) is 0. The van der Waals surface area contributed by atoms with E-state index in [0.717, 1.165) is 29.0 Å². The molecule has 1 N–H and O–H groups in total. The molecule has 0 bridgehead atoms. The third kappa shape index (κ3) is 3.31. The van der Waals surface area contributed by atoms with Crippen molar-refractivity contribution in [2.24, 2.45) is 11.8 Å². The first-order valence-electron chi connectivity index (χ1n) is 9.15. The third-order valence-electron chi connectivity index (χ3n) is 5.55. The van der Waals surface area contributed by atoms with Crippen molar-refractivity contribution in [2.45, 2.75) is 31.9 Å². The molecule has 8 heteroatoms. The number of amides is 1. The van der Waals surface area contributed by atoms with E-state index in [2.05, 4.69) is 4.98 Å². The van der Waals surface area contributed by atoms with Gasteiger partial charge >= 0.3 is 12.1 Å². The topological polar surface area (TPSA) is 70.5 Å². The minimum absolute atomic E-state index is 0.269. The van der Waals surface area contributed by atoms with Gasteiger partial charge in [-0.3, -0.25) is 14.6 Å². The molecule has 1 saturated carbocycles. The van der Waals surface area contributed by atoms with Crippen molar-refractivity contribution in [1.29, 1.82) is 0 Å². The molecule has 2 atom stereocenters. The average Bonchev–Trinajstić information content (AvgIpc) is 3.36. The first-order valence-corrected chi connectivity index (χ1v) is 9.15. The number of alkyl halides is 3. The van der Waals surface area contributed by atoms with Crippen LogP contribution in [0, 0.1) is 18.8 Å². The number of aliphatic carboxylic acids is 1. The predicted octanol–water partition coefficient (Wildman–Crippen LogP) is 3.76. The highest BCUT2D eigenvalue weighted by molar-refractivity contribution is 6.06. The summed E-state index contributed by atoms with van der Waals surface area (Å²) in [5.41, 5.74) is 2.59. The molecular formula is C20H19F3N2O3. The van der Waals surface area contributed by atoms with Gasteiger partial charge in [-0.05, 0) is 38.0 Å². The molecule has 1 amide bonds. The van der Waals surface area contributed by atoms with Crippen LogP contribution in [-0.2, 0) is 4.79 Å². The molecule has 1 saturated heterocycles. The Kier molecular flexibility index (Phi) is 4.32. The fourth-order valence-electron chi connectivity index (χ4n) is 3.85. The number of pyridine rings is 1. The summed E-state index contributed by atoms with van der Waals surface area (Å²) in [6, 6.07) is 7.13. The lowest BCUT2D eigenvalue weighted by atomic mass is 9.96. The van der Waals surface area contributed by atoms with Crippen LogP contribution in [-0.4, -0.2) is 46.1 Å². The number of halogens is 3. The maximum absolute atomic E-state index is 13.3. The van der Waals surface area contributed by atoms with Gasteiger partial charge in [0.15, 0.2) is 0 Å². The Morgan fingerprint density at radius 1 is 1.18 bits per heavy atom. The fourth-order valence-corrected chi connectivity index (χ4v) is 3.85. The van der Waals surface area contributed by atoms with Gasteiger partial charge < -0.3 is 10.0 Å². The number of fused-ring (bicyclic) bond motifs is 1. The van der Waals surface area contributed by atoms with Crippen molar-refractivity contribution in [3.8, 4) is 0 Å². The maximum atomic E-state index is 13.3. The van der Waals surface area contributed by atoms with Crippen LogP contribution in [0.2, 0.25) is 0 Å². The minimum Gasteiger partial charge on any atom is -0.481 e. The Labute approximate surface area is 159 Å². The van der Waals surface area contributed by atoms with Crippen molar-refractivity contribution in [2.75, 3.05) is 13.1 Å². The highest BCUT2D eigenvalue weighted by Gasteiger charge is 2.53. The molecule has 1 aromatic heterocycles. The van der Waals surface area contributed by atoms with Crippen LogP contribution in [0.25, 0.3) is 10.9 Å². The molecule has 0 unspecified atom stereocenters. The summed E-state index contributed by atoms with van der Waals surface area (Å²) in [5.74, 6) is -5.55. The van der Waals surface area contributed by atoms with E-state index in [-0.39, 0.29) is 5.92 Å². The number of rotatable bonds is 3. The molecule has 2 fully saturated rings. The fraction of sp³-hybridized carbons (Fsp3) is 0.450. The highest BCUT2D eigenvalue weighted by atomic mass is 19.4. The molecule has 2 heterocycles. The minimum atomic E-state index is -4.67. The lowest BCUT2D eigenvalue weighted by Gasteiger charge is -2.19. The smallest absolute Gasteiger partial charge is 0.394 e. The number of nitrogens with zero attached hydrogens (tertiary/aromatic N) is 2. The number of likely N-dealkylation sites (tertiary alicyclic amines) is 1. The molecule has 28 heavy (non-hydrogen) atoms. The van der Waals surface area contributed by atoms with Crippen molar-refractivity contribution in [1.82, 2.24) is 9.88 Å². The van der Waals surface area contributed by atoms with Crippen molar-refractivity contribution >= 4 is 22.8 Å². The molecule has 2 aliphatic rings. The lowest BCUT2D eigenvalue weighted by molar-refractivity contribution is -0.187. The largest absolute Gasteiger partial charge is 0.481 e. The van der Waals surface area contributed by atoms with E-state index in [9.17, 15) is 27.9 Å². The van der Waals surface area contributed by atoms with Crippen LogP contribution in [0.15, 0.2) is 24.3 Å². The van der Waals surface area contributed by atoms with E-state index in [4.69, 9.17) is 0 Å². The van der Waals surface area contributed by atoms with Gasteiger partial charge in [-0.2, -0.15) is 13.2 Å². The Balaban J connectivity index is 1.74. The Morgan fingerprint density at radius 3 is 2.46 bits per heavy atom. The van der Waals surface area contributed by atoms with Gasteiger partial charge in [0.1, 0.15) is 0 Å². The van der Waals surface area contributed by atoms with Crippen molar-refractivity contribution < 1.29 is 27.9 Å². The zero-order chi connectivity index (χ0) is 20.2. The average molecular weight is 392 g/mol. The monoisotopic (exact) mass is 392 g/mol. The number of carbonyl (C=O) groups excluding carboxylic acids is 1. The van der Waals surface area contributed by atoms with Crippen LogP contribution in [0.5, 0.6) is 0 Å². The van der Waals surface area contributed by atoms with Crippen LogP contribution in [0.3, 0.4) is 0 Å². The molecule has 1 aliphatic carbocycles. The number of aromatic nitrogens is 1. The summed E-state index contributed by atoms with van der Waals surface area (Å²) >= 11 is 0. The zero-order valence-corrected chi connectivity index (χ0v) is 15.2. The summed E-state index contributed by atoms with van der Waals surface area (Å²) < 4.78 is 39.8. The van der Waals surface area contributed by atoms with E-state index < -0.39 is 43.0 Å². The first-order chi connectivity index (χ1) is 13.1. The first kappa shape index (κ1) is 18.7. The molecule has 1 aliphatic heterocycles. The molecule has 4 rings (SSSR count).